The number of halogens is 1. The highest BCUT2D eigenvalue weighted by atomic mass is 35.5. The van der Waals surface area contributed by atoms with Gasteiger partial charge < -0.3 is 10.1 Å². The zero-order valence-corrected chi connectivity index (χ0v) is 15.6. The van der Waals surface area contributed by atoms with Gasteiger partial charge in [0.25, 0.3) is 0 Å². The molecule has 3 aromatic rings. The lowest BCUT2D eigenvalue weighted by Crippen LogP contribution is -2.42. The fourth-order valence-electron chi connectivity index (χ4n) is 2.94. The fraction of sp³-hybridized carbons (Fsp3) is 0.182. The number of alkyl halides is 1. The lowest BCUT2D eigenvalue weighted by molar-refractivity contribution is -0.119. The van der Waals surface area contributed by atoms with Crippen molar-refractivity contribution in [3.8, 4) is 0 Å². The van der Waals surface area contributed by atoms with Crippen LogP contribution in [0.3, 0.4) is 0 Å². The minimum atomic E-state index is -0.888. The molecule has 1 unspecified atom stereocenters. The monoisotopic (exact) mass is 381 g/mol. The molecular formula is C22H20ClNO3. The first-order chi connectivity index (χ1) is 13.1. The van der Waals surface area contributed by atoms with Crippen molar-refractivity contribution in [1.29, 1.82) is 0 Å². The number of hydrogen-bond donors (Lipinski definition) is 1. The number of ketones is 1. The summed E-state index contributed by atoms with van der Waals surface area (Å²) in [6.45, 7) is 1.53. The molecular weight excluding hydrogens is 362 g/mol. The molecule has 0 fully saturated rings. The van der Waals surface area contributed by atoms with Crippen LogP contribution < -0.4 is 5.32 Å². The fourth-order valence-corrected chi connectivity index (χ4v) is 3.37. The summed E-state index contributed by atoms with van der Waals surface area (Å²) in [6, 6.07) is 22.0. The van der Waals surface area contributed by atoms with Crippen LogP contribution in [-0.2, 0) is 16.1 Å². The molecule has 1 amide bonds. The molecule has 0 radical (unpaired) electrons. The predicted octanol–water partition coefficient (Wildman–Crippen LogP) is 5.00. The van der Waals surface area contributed by atoms with Gasteiger partial charge in [-0.1, -0.05) is 72.8 Å². The maximum Gasteiger partial charge on any atom is 0.408 e. The molecule has 0 aliphatic rings. The van der Waals surface area contributed by atoms with E-state index in [2.05, 4.69) is 5.32 Å². The summed E-state index contributed by atoms with van der Waals surface area (Å²) in [5.41, 5.74) is 1.65. The SMILES string of the molecule is CC(=O)[C@H](NC(=O)OCc1ccccc1)C(Cl)c1cccc2ccccc12. The molecule has 1 N–H and O–H groups in total. The van der Waals surface area contributed by atoms with Gasteiger partial charge in [0.2, 0.25) is 0 Å². The van der Waals surface area contributed by atoms with Crippen molar-refractivity contribution in [2.24, 2.45) is 0 Å². The van der Waals surface area contributed by atoms with Crippen LogP contribution in [-0.4, -0.2) is 17.9 Å². The Kier molecular flexibility index (Phi) is 6.09. The van der Waals surface area contributed by atoms with E-state index >= 15 is 0 Å². The second-order valence-corrected chi connectivity index (χ2v) is 6.73. The highest BCUT2D eigenvalue weighted by Gasteiger charge is 2.28. The van der Waals surface area contributed by atoms with Crippen LogP contribution in [0.15, 0.2) is 72.8 Å². The number of amides is 1. The number of benzene rings is 3. The van der Waals surface area contributed by atoms with E-state index in [-0.39, 0.29) is 12.4 Å². The van der Waals surface area contributed by atoms with Crippen LogP contribution in [0.4, 0.5) is 4.79 Å². The molecule has 0 aromatic heterocycles. The second-order valence-electron chi connectivity index (χ2n) is 6.26. The minimum Gasteiger partial charge on any atom is -0.445 e. The van der Waals surface area contributed by atoms with Crippen LogP contribution in [0.25, 0.3) is 10.8 Å². The van der Waals surface area contributed by atoms with Gasteiger partial charge in [0.1, 0.15) is 12.6 Å². The van der Waals surface area contributed by atoms with E-state index in [9.17, 15) is 9.59 Å². The number of hydrogen-bond acceptors (Lipinski definition) is 3. The van der Waals surface area contributed by atoms with Gasteiger partial charge in [0.05, 0.1) is 5.38 Å². The Balaban J connectivity index is 1.74. The molecule has 0 heterocycles. The van der Waals surface area contributed by atoms with E-state index in [1.807, 2.05) is 72.8 Å². The van der Waals surface area contributed by atoms with E-state index in [0.717, 1.165) is 21.9 Å². The summed E-state index contributed by atoms with van der Waals surface area (Å²) in [5.74, 6) is -0.236. The van der Waals surface area contributed by atoms with Crippen LogP contribution in [0.5, 0.6) is 0 Å². The van der Waals surface area contributed by atoms with E-state index < -0.39 is 17.5 Å². The summed E-state index contributed by atoms with van der Waals surface area (Å²) in [7, 11) is 0. The van der Waals surface area contributed by atoms with Gasteiger partial charge in [-0.3, -0.25) is 4.79 Å². The summed E-state index contributed by atoms with van der Waals surface area (Å²) < 4.78 is 5.22. The number of carbonyl (C=O) groups is 2. The molecule has 3 rings (SSSR count). The van der Waals surface area contributed by atoms with Crippen molar-refractivity contribution in [3.63, 3.8) is 0 Å². The largest absolute Gasteiger partial charge is 0.445 e. The second kappa shape index (κ2) is 8.69. The number of nitrogens with one attached hydrogen (secondary N) is 1. The Hall–Kier alpha value is -2.85. The third-order valence-corrected chi connectivity index (χ3v) is 4.82. The van der Waals surface area contributed by atoms with Crippen molar-refractivity contribution >= 4 is 34.2 Å². The molecule has 5 heteroatoms. The van der Waals surface area contributed by atoms with Crippen LogP contribution in [0, 0.1) is 0 Å². The van der Waals surface area contributed by atoms with Crippen molar-refractivity contribution in [2.75, 3.05) is 0 Å². The van der Waals surface area contributed by atoms with Gasteiger partial charge in [-0.25, -0.2) is 4.79 Å². The number of carbonyl (C=O) groups excluding carboxylic acids is 2. The third kappa shape index (κ3) is 4.66. The van der Waals surface area contributed by atoms with Crippen molar-refractivity contribution in [3.05, 3.63) is 83.9 Å². The van der Waals surface area contributed by atoms with Gasteiger partial charge in [-0.05, 0) is 28.8 Å². The highest BCUT2D eigenvalue weighted by Crippen LogP contribution is 2.31. The molecule has 0 spiro atoms. The normalized spacial score (nSPS) is 13.0. The summed E-state index contributed by atoms with van der Waals surface area (Å²) in [4.78, 5) is 24.3. The number of ether oxygens (including phenoxy) is 1. The Morgan fingerprint density at radius 2 is 1.63 bits per heavy atom. The average molecular weight is 382 g/mol. The molecule has 0 aliphatic carbocycles. The molecule has 0 saturated heterocycles. The maximum absolute atomic E-state index is 12.2. The predicted molar refractivity (Wildman–Crippen MR) is 107 cm³/mol. The van der Waals surface area contributed by atoms with E-state index in [1.165, 1.54) is 6.92 Å². The summed E-state index contributed by atoms with van der Waals surface area (Å²) in [6.07, 6.45) is -0.676. The molecule has 4 nitrogen and oxygen atoms in total. The summed E-state index contributed by atoms with van der Waals surface area (Å²) >= 11 is 6.62. The molecule has 0 aliphatic heterocycles. The van der Waals surface area contributed by atoms with Gasteiger partial charge in [0, 0.05) is 0 Å². The number of Topliss-reactive ketones (excluding diaryl/α,β-unsaturated/α-hetero) is 1. The van der Waals surface area contributed by atoms with Gasteiger partial charge in [-0.2, -0.15) is 0 Å². The van der Waals surface area contributed by atoms with E-state index in [4.69, 9.17) is 16.3 Å². The Morgan fingerprint density at radius 3 is 2.37 bits per heavy atom. The zero-order chi connectivity index (χ0) is 19.2. The molecule has 3 aromatic carbocycles. The Bertz CT molecular complexity index is 937. The smallest absolute Gasteiger partial charge is 0.408 e. The number of alkyl carbamates (subject to hydrolysis) is 1. The maximum atomic E-state index is 12.2. The standard InChI is InChI=1S/C22H20ClNO3/c1-15(25)21(24-22(26)27-14-16-8-3-2-4-9-16)20(23)19-13-7-11-17-10-5-6-12-18(17)19/h2-13,20-21H,14H2,1H3,(H,24,26)/t20?,21-/m0/s1. The van der Waals surface area contributed by atoms with Gasteiger partial charge in [-0.15, -0.1) is 11.6 Å². The molecule has 27 heavy (non-hydrogen) atoms. The van der Waals surface area contributed by atoms with Gasteiger partial charge in [0.15, 0.2) is 5.78 Å². The highest BCUT2D eigenvalue weighted by molar-refractivity contribution is 6.24. The first-order valence-electron chi connectivity index (χ1n) is 8.65. The topological polar surface area (TPSA) is 55.4 Å². The Morgan fingerprint density at radius 1 is 0.963 bits per heavy atom. The van der Waals surface area contributed by atoms with Crippen molar-refractivity contribution < 1.29 is 14.3 Å². The Labute approximate surface area is 163 Å². The first kappa shape index (κ1) is 18.9. The molecule has 2 atom stereocenters. The number of fused-ring (bicyclic) bond motifs is 1. The first-order valence-corrected chi connectivity index (χ1v) is 9.09. The lowest BCUT2D eigenvalue weighted by atomic mass is 9.97. The van der Waals surface area contributed by atoms with Crippen LogP contribution in [0.1, 0.15) is 23.4 Å². The molecule has 0 bridgehead atoms. The minimum absolute atomic E-state index is 0.124. The van der Waals surface area contributed by atoms with Crippen molar-refractivity contribution in [2.45, 2.75) is 24.9 Å². The average Bonchev–Trinajstić information content (AvgIpc) is 2.70. The quantitative estimate of drug-likeness (QED) is 0.611. The summed E-state index contributed by atoms with van der Waals surface area (Å²) in [5, 5.41) is 3.87. The lowest BCUT2D eigenvalue weighted by Gasteiger charge is -2.22. The van der Waals surface area contributed by atoms with Crippen LogP contribution >= 0.6 is 11.6 Å². The molecule has 0 saturated carbocycles. The van der Waals surface area contributed by atoms with Crippen molar-refractivity contribution in [1.82, 2.24) is 5.32 Å². The van der Waals surface area contributed by atoms with E-state index in [0.29, 0.717) is 0 Å². The third-order valence-electron chi connectivity index (χ3n) is 4.34. The van der Waals surface area contributed by atoms with E-state index in [1.54, 1.807) is 0 Å². The van der Waals surface area contributed by atoms with Crippen LogP contribution in [0.2, 0.25) is 0 Å². The number of rotatable bonds is 6. The zero-order valence-electron chi connectivity index (χ0n) is 14.9. The van der Waals surface area contributed by atoms with Gasteiger partial charge >= 0.3 is 6.09 Å². The molecule has 138 valence electrons.